The molecule has 0 aliphatic heterocycles. The highest BCUT2D eigenvalue weighted by atomic mass is 16.6. The molecule has 1 rings (SSSR count). The molecule has 186 valence electrons. The summed E-state index contributed by atoms with van der Waals surface area (Å²) < 4.78 is 5.22. The Morgan fingerprint density at radius 2 is 1.64 bits per heavy atom. The number of phenols is 1. The Morgan fingerprint density at radius 3 is 2.18 bits per heavy atom. The van der Waals surface area contributed by atoms with E-state index in [9.17, 15) is 19.5 Å². The van der Waals surface area contributed by atoms with Gasteiger partial charge < -0.3 is 25.4 Å². The number of nitrogens with one attached hydrogen (secondary N) is 2. The largest absolute Gasteiger partial charge is 0.508 e. The minimum atomic E-state index is -0.882. The van der Waals surface area contributed by atoms with Gasteiger partial charge in [0.05, 0.1) is 0 Å². The summed E-state index contributed by atoms with van der Waals surface area (Å²) >= 11 is 0. The summed E-state index contributed by atoms with van der Waals surface area (Å²) in [6, 6.07) is 5.27. The van der Waals surface area contributed by atoms with Crippen molar-refractivity contribution in [3.63, 3.8) is 0 Å². The number of nitrogens with zero attached hydrogens (tertiary/aromatic N) is 1. The number of rotatable bonds is 12. The summed E-state index contributed by atoms with van der Waals surface area (Å²) in [4.78, 5) is 40.0. The summed E-state index contributed by atoms with van der Waals surface area (Å²) in [6.45, 7) is 11.2. The number of ether oxygens (including phenoxy) is 1. The van der Waals surface area contributed by atoms with Gasteiger partial charge in [0.2, 0.25) is 11.8 Å². The second-order valence-corrected chi connectivity index (χ2v) is 9.51. The number of alkyl carbamates (subject to hydrolysis) is 1. The number of hydrogen-bond donors (Lipinski definition) is 3. The average molecular weight is 464 g/mol. The van der Waals surface area contributed by atoms with Crippen molar-refractivity contribution < 1.29 is 24.2 Å². The lowest BCUT2D eigenvalue weighted by Crippen LogP contribution is -2.49. The van der Waals surface area contributed by atoms with Gasteiger partial charge in [0, 0.05) is 12.6 Å². The zero-order valence-corrected chi connectivity index (χ0v) is 20.9. The van der Waals surface area contributed by atoms with Crippen LogP contribution in [0.1, 0.15) is 85.3 Å². The Bertz CT molecular complexity index is 756. The van der Waals surface area contributed by atoms with Crippen LogP contribution in [0.2, 0.25) is 0 Å². The van der Waals surface area contributed by atoms with Crippen molar-refractivity contribution in [2.75, 3.05) is 13.1 Å². The van der Waals surface area contributed by atoms with E-state index in [-0.39, 0.29) is 30.2 Å². The smallest absolute Gasteiger partial charge is 0.408 e. The molecule has 3 amide bonds. The van der Waals surface area contributed by atoms with Crippen LogP contribution in [0.25, 0.3) is 0 Å². The van der Waals surface area contributed by atoms with Crippen molar-refractivity contribution in [1.29, 1.82) is 0 Å². The first-order valence-corrected chi connectivity index (χ1v) is 11.8. The molecular formula is C25H41N3O5. The van der Waals surface area contributed by atoms with E-state index >= 15 is 0 Å². The van der Waals surface area contributed by atoms with Gasteiger partial charge in [-0.1, -0.05) is 44.7 Å². The maximum absolute atomic E-state index is 13.2. The Balaban J connectivity index is 3.12. The van der Waals surface area contributed by atoms with Crippen LogP contribution >= 0.6 is 0 Å². The molecule has 33 heavy (non-hydrogen) atoms. The standard InChI is InChI=1S/C25H41N3O5/c1-7-8-9-10-11-16-28(21(30)17-26-24(32)33-25(4,5)6)22(23(31)27-18(2)3)19-12-14-20(29)15-13-19/h12-15,18,22,29H,7-11,16-17H2,1-6H3,(H,26,32)(H,27,31). The first-order valence-electron chi connectivity index (χ1n) is 11.8. The fourth-order valence-corrected chi connectivity index (χ4v) is 3.34. The molecule has 0 bridgehead atoms. The third-order valence-electron chi connectivity index (χ3n) is 4.81. The highest BCUT2D eigenvalue weighted by Crippen LogP contribution is 2.25. The Hall–Kier alpha value is -2.77. The lowest BCUT2D eigenvalue weighted by Gasteiger charge is -2.32. The van der Waals surface area contributed by atoms with Gasteiger partial charge in [-0.05, 0) is 58.7 Å². The van der Waals surface area contributed by atoms with Gasteiger partial charge in [-0.15, -0.1) is 0 Å². The van der Waals surface area contributed by atoms with Crippen LogP contribution in [0, 0.1) is 0 Å². The van der Waals surface area contributed by atoms with Crippen LogP contribution in [-0.2, 0) is 14.3 Å². The SMILES string of the molecule is CCCCCCCN(C(=O)CNC(=O)OC(C)(C)C)C(C(=O)NC(C)C)c1ccc(O)cc1. The number of benzene rings is 1. The minimum absolute atomic E-state index is 0.0748. The highest BCUT2D eigenvalue weighted by Gasteiger charge is 2.32. The van der Waals surface area contributed by atoms with E-state index in [2.05, 4.69) is 17.6 Å². The molecule has 0 aliphatic rings. The average Bonchev–Trinajstić information content (AvgIpc) is 2.70. The van der Waals surface area contributed by atoms with Gasteiger partial charge in [0.15, 0.2) is 0 Å². The monoisotopic (exact) mass is 463 g/mol. The van der Waals surface area contributed by atoms with E-state index in [0.717, 1.165) is 32.1 Å². The number of amides is 3. The van der Waals surface area contributed by atoms with E-state index in [0.29, 0.717) is 12.1 Å². The third-order valence-corrected chi connectivity index (χ3v) is 4.81. The number of phenolic OH excluding ortho intramolecular Hbond substituents is 1. The predicted octanol–water partition coefficient (Wildman–Crippen LogP) is 4.28. The molecule has 0 saturated carbocycles. The Kier molecular flexibility index (Phi) is 11.7. The molecule has 0 radical (unpaired) electrons. The summed E-state index contributed by atoms with van der Waals surface area (Å²) in [5.74, 6) is -0.617. The van der Waals surface area contributed by atoms with Gasteiger partial charge in [-0.25, -0.2) is 4.79 Å². The minimum Gasteiger partial charge on any atom is -0.508 e. The zero-order valence-electron chi connectivity index (χ0n) is 20.9. The maximum Gasteiger partial charge on any atom is 0.408 e. The molecule has 0 aliphatic carbocycles. The van der Waals surface area contributed by atoms with Crippen LogP contribution in [0.5, 0.6) is 5.75 Å². The van der Waals surface area contributed by atoms with Gasteiger partial charge >= 0.3 is 6.09 Å². The van der Waals surface area contributed by atoms with Crippen LogP contribution in [0.3, 0.4) is 0 Å². The molecule has 1 aromatic rings. The molecule has 8 nitrogen and oxygen atoms in total. The fraction of sp³-hybridized carbons (Fsp3) is 0.640. The first kappa shape index (κ1) is 28.3. The van der Waals surface area contributed by atoms with Crippen molar-refractivity contribution in [3.8, 4) is 5.75 Å². The van der Waals surface area contributed by atoms with E-state index in [1.54, 1.807) is 32.9 Å². The van der Waals surface area contributed by atoms with Crippen LogP contribution in [-0.4, -0.2) is 52.6 Å². The predicted molar refractivity (Wildman–Crippen MR) is 129 cm³/mol. The molecule has 0 fully saturated rings. The first-order chi connectivity index (χ1) is 15.4. The zero-order chi connectivity index (χ0) is 25.0. The number of unbranched alkanes of at least 4 members (excludes halogenated alkanes) is 4. The molecule has 1 atom stereocenters. The molecule has 1 aromatic carbocycles. The van der Waals surface area contributed by atoms with E-state index in [4.69, 9.17) is 4.74 Å². The second-order valence-electron chi connectivity index (χ2n) is 9.51. The van der Waals surface area contributed by atoms with Crippen molar-refractivity contribution in [3.05, 3.63) is 29.8 Å². The van der Waals surface area contributed by atoms with Crippen molar-refractivity contribution in [1.82, 2.24) is 15.5 Å². The molecule has 0 heterocycles. The molecular weight excluding hydrogens is 422 g/mol. The molecule has 1 unspecified atom stereocenters. The number of carbonyl (C=O) groups excluding carboxylic acids is 3. The summed E-state index contributed by atoms with van der Waals surface area (Å²) in [7, 11) is 0. The van der Waals surface area contributed by atoms with Gasteiger partial charge in [-0.3, -0.25) is 9.59 Å². The van der Waals surface area contributed by atoms with E-state index < -0.39 is 17.7 Å². The van der Waals surface area contributed by atoms with E-state index in [1.807, 2.05) is 13.8 Å². The van der Waals surface area contributed by atoms with Crippen molar-refractivity contribution >= 4 is 17.9 Å². The Morgan fingerprint density at radius 1 is 1.03 bits per heavy atom. The normalized spacial score (nSPS) is 12.2. The summed E-state index contributed by atoms with van der Waals surface area (Å²) in [5, 5.41) is 15.1. The molecule has 0 aromatic heterocycles. The molecule has 3 N–H and O–H groups in total. The Labute approximate surface area is 198 Å². The van der Waals surface area contributed by atoms with Gasteiger partial charge in [-0.2, -0.15) is 0 Å². The fourth-order valence-electron chi connectivity index (χ4n) is 3.34. The van der Waals surface area contributed by atoms with E-state index in [1.165, 1.54) is 17.0 Å². The highest BCUT2D eigenvalue weighted by molar-refractivity contribution is 5.90. The summed E-state index contributed by atoms with van der Waals surface area (Å²) in [6.07, 6.45) is 4.26. The molecule has 0 spiro atoms. The topological polar surface area (TPSA) is 108 Å². The van der Waals surface area contributed by atoms with Crippen molar-refractivity contribution in [2.24, 2.45) is 0 Å². The number of aromatic hydroxyl groups is 1. The van der Waals surface area contributed by atoms with Crippen LogP contribution in [0.4, 0.5) is 4.79 Å². The lowest BCUT2D eigenvalue weighted by atomic mass is 10.0. The van der Waals surface area contributed by atoms with Crippen LogP contribution in [0.15, 0.2) is 24.3 Å². The number of carbonyl (C=O) groups is 3. The summed E-state index contributed by atoms with van der Waals surface area (Å²) in [5.41, 5.74) is -0.0946. The van der Waals surface area contributed by atoms with Gasteiger partial charge in [0.1, 0.15) is 23.9 Å². The second kappa shape index (κ2) is 13.7. The van der Waals surface area contributed by atoms with Crippen LogP contribution < -0.4 is 10.6 Å². The molecule has 8 heteroatoms. The molecule has 0 saturated heterocycles. The number of hydrogen-bond acceptors (Lipinski definition) is 5. The maximum atomic E-state index is 13.2. The quantitative estimate of drug-likeness (QED) is 0.401. The van der Waals surface area contributed by atoms with Crippen molar-refractivity contribution in [2.45, 2.75) is 91.3 Å². The third kappa shape index (κ3) is 11.1. The van der Waals surface area contributed by atoms with Gasteiger partial charge in [0.25, 0.3) is 0 Å². The lowest BCUT2D eigenvalue weighted by molar-refractivity contribution is -0.140.